The average Bonchev–Trinajstić information content (AvgIpc) is 2.28. The van der Waals surface area contributed by atoms with Crippen molar-refractivity contribution >= 4 is 5.69 Å². The first-order valence-electron chi connectivity index (χ1n) is 4.99. The lowest BCUT2D eigenvalue weighted by Crippen LogP contribution is -2.31. The number of hydrogen-bond acceptors (Lipinski definition) is 3. The van der Waals surface area contributed by atoms with Gasteiger partial charge in [0, 0.05) is 23.6 Å². The van der Waals surface area contributed by atoms with Gasteiger partial charge >= 0.3 is 0 Å². The molecule has 0 radical (unpaired) electrons. The smallest absolute Gasteiger partial charge is 0.273 e. The minimum Gasteiger partial charge on any atom is -0.330 e. The molecule has 0 aliphatic carbocycles. The molecule has 0 amide bonds. The van der Waals surface area contributed by atoms with Gasteiger partial charge in [-0.1, -0.05) is 32.0 Å². The normalized spacial score (nSPS) is 14.6. The first-order valence-corrected chi connectivity index (χ1v) is 4.99. The zero-order valence-corrected chi connectivity index (χ0v) is 9.06. The van der Waals surface area contributed by atoms with Crippen molar-refractivity contribution in [1.82, 2.24) is 0 Å². The summed E-state index contributed by atoms with van der Waals surface area (Å²) in [7, 11) is 0. The molecule has 0 aliphatic rings. The van der Waals surface area contributed by atoms with Crippen LogP contribution in [0.1, 0.15) is 25.8 Å². The van der Waals surface area contributed by atoms with Crippen LogP contribution in [0.3, 0.4) is 0 Å². The third kappa shape index (κ3) is 2.15. The molecule has 0 bridgehead atoms. The second-order valence-corrected chi connectivity index (χ2v) is 3.89. The Morgan fingerprint density at radius 3 is 2.53 bits per heavy atom. The topological polar surface area (TPSA) is 69.2 Å². The largest absolute Gasteiger partial charge is 0.330 e. The summed E-state index contributed by atoms with van der Waals surface area (Å²) in [6, 6.07) is 6.80. The van der Waals surface area contributed by atoms with Gasteiger partial charge in [-0.05, 0) is 6.42 Å². The van der Waals surface area contributed by atoms with E-state index in [4.69, 9.17) is 5.73 Å². The molecule has 0 spiro atoms. The fraction of sp³-hybridized carbons (Fsp3) is 0.455. The lowest BCUT2D eigenvalue weighted by Gasteiger charge is -2.26. The van der Waals surface area contributed by atoms with E-state index in [0.29, 0.717) is 6.54 Å². The highest BCUT2D eigenvalue weighted by Crippen LogP contribution is 2.33. The standard InChI is InChI=1S/C11H16N2O2/c1-3-11(2,8-12)9-6-4-5-7-10(9)13(14)15/h4-7H,3,8,12H2,1-2H3. The van der Waals surface area contributed by atoms with E-state index in [-0.39, 0.29) is 16.0 Å². The van der Waals surface area contributed by atoms with Gasteiger partial charge in [-0.3, -0.25) is 10.1 Å². The zero-order valence-electron chi connectivity index (χ0n) is 9.06. The highest BCUT2D eigenvalue weighted by atomic mass is 16.6. The predicted molar refractivity (Wildman–Crippen MR) is 59.8 cm³/mol. The van der Waals surface area contributed by atoms with Gasteiger partial charge in [0.15, 0.2) is 0 Å². The minimum absolute atomic E-state index is 0.160. The van der Waals surface area contributed by atoms with E-state index >= 15 is 0 Å². The number of benzene rings is 1. The highest BCUT2D eigenvalue weighted by molar-refractivity contribution is 5.45. The van der Waals surface area contributed by atoms with Crippen LogP contribution in [-0.2, 0) is 5.41 Å². The summed E-state index contributed by atoms with van der Waals surface area (Å²) in [6.07, 6.45) is 0.786. The van der Waals surface area contributed by atoms with Crippen molar-refractivity contribution < 1.29 is 4.92 Å². The summed E-state index contributed by atoms with van der Waals surface area (Å²) < 4.78 is 0. The molecule has 1 aromatic carbocycles. The third-order valence-corrected chi connectivity index (χ3v) is 2.98. The van der Waals surface area contributed by atoms with Crippen LogP contribution in [0.4, 0.5) is 5.69 Å². The third-order valence-electron chi connectivity index (χ3n) is 2.98. The van der Waals surface area contributed by atoms with Crippen molar-refractivity contribution in [3.63, 3.8) is 0 Å². The van der Waals surface area contributed by atoms with Crippen LogP contribution >= 0.6 is 0 Å². The van der Waals surface area contributed by atoms with Gasteiger partial charge in [0.25, 0.3) is 5.69 Å². The van der Waals surface area contributed by atoms with Crippen LogP contribution in [0.25, 0.3) is 0 Å². The first kappa shape index (κ1) is 11.7. The summed E-state index contributed by atoms with van der Waals surface area (Å²) in [6.45, 7) is 4.35. The summed E-state index contributed by atoms with van der Waals surface area (Å²) in [4.78, 5) is 10.5. The molecule has 2 N–H and O–H groups in total. The van der Waals surface area contributed by atoms with Crippen molar-refractivity contribution in [2.45, 2.75) is 25.7 Å². The van der Waals surface area contributed by atoms with Crippen LogP contribution < -0.4 is 5.73 Å². The van der Waals surface area contributed by atoms with Crippen LogP contribution in [0.15, 0.2) is 24.3 Å². The molecular weight excluding hydrogens is 192 g/mol. The predicted octanol–water partition coefficient (Wildman–Crippen LogP) is 2.22. The van der Waals surface area contributed by atoms with E-state index < -0.39 is 0 Å². The summed E-state index contributed by atoms with van der Waals surface area (Å²) >= 11 is 0. The Labute approximate surface area is 89.2 Å². The van der Waals surface area contributed by atoms with Crippen LogP contribution in [0.5, 0.6) is 0 Å². The van der Waals surface area contributed by atoms with Crippen LogP contribution in [0, 0.1) is 10.1 Å². The quantitative estimate of drug-likeness (QED) is 0.609. The number of para-hydroxylation sites is 1. The lowest BCUT2D eigenvalue weighted by molar-refractivity contribution is -0.386. The monoisotopic (exact) mass is 208 g/mol. The second-order valence-electron chi connectivity index (χ2n) is 3.89. The molecule has 4 heteroatoms. The van der Waals surface area contributed by atoms with Crippen molar-refractivity contribution in [3.8, 4) is 0 Å². The van der Waals surface area contributed by atoms with E-state index in [0.717, 1.165) is 12.0 Å². The van der Waals surface area contributed by atoms with E-state index in [9.17, 15) is 10.1 Å². The fourth-order valence-electron chi connectivity index (χ4n) is 1.59. The summed E-state index contributed by atoms with van der Waals surface area (Å²) in [5.74, 6) is 0. The number of nitro benzene ring substituents is 1. The SMILES string of the molecule is CCC(C)(CN)c1ccccc1[N+](=O)[O-]. The Balaban J connectivity index is 3.29. The fourth-order valence-corrected chi connectivity index (χ4v) is 1.59. The molecular formula is C11H16N2O2. The van der Waals surface area contributed by atoms with Crippen molar-refractivity contribution in [3.05, 3.63) is 39.9 Å². The van der Waals surface area contributed by atoms with Gasteiger partial charge in [0.2, 0.25) is 0 Å². The molecule has 1 rings (SSSR count). The molecule has 1 aromatic rings. The molecule has 1 unspecified atom stereocenters. The average molecular weight is 208 g/mol. The van der Waals surface area contributed by atoms with Gasteiger partial charge < -0.3 is 5.73 Å². The second kappa shape index (κ2) is 4.40. The summed E-state index contributed by atoms with van der Waals surface area (Å²) in [5.41, 5.74) is 6.26. The Hall–Kier alpha value is -1.42. The summed E-state index contributed by atoms with van der Waals surface area (Å²) in [5, 5.41) is 10.9. The van der Waals surface area contributed by atoms with E-state index in [1.165, 1.54) is 6.07 Å². The van der Waals surface area contributed by atoms with E-state index in [1.54, 1.807) is 12.1 Å². The van der Waals surface area contributed by atoms with Crippen molar-refractivity contribution in [2.24, 2.45) is 5.73 Å². The maximum atomic E-state index is 10.9. The zero-order chi connectivity index (χ0) is 11.5. The molecule has 1 atom stereocenters. The maximum Gasteiger partial charge on any atom is 0.273 e. The Bertz CT molecular complexity index is 359. The lowest BCUT2D eigenvalue weighted by atomic mass is 9.79. The Kier molecular flexibility index (Phi) is 3.42. The molecule has 0 saturated heterocycles. The number of hydrogen-bond donors (Lipinski definition) is 1. The highest BCUT2D eigenvalue weighted by Gasteiger charge is 2.29. The molecule has 82 valence electrons. The van der Waals surface area contributed by atoms with Crippen LogP contribution in [0.2, 0.25) is 0 Å². The maximum absolute atomic E-state index is 10.9. The Morgan fingerprint density at radius 1 is 1.47 bits per heavy atom. The van der Waals surface area contributed by atoms with Crippen molar-refractivity contribution in [2.75, 3.05) is 6.54 Å². The molecule has 4 nitrogen and oxygen atoms in total. The number of nitro groups is 1. The van der Waals surface area contributed by atoms with Gasteiger partial charge in [0.05, 0.1) is 4.92 Å². The van der Waals surface area contributed by atoms with Gasteiger partial charge in [-0.25, -0.2) is 0 Å². The van der Waals surface area contributed by atoms with E-state index in [1.807, 2.05) is 19.9 Å². The van der Waals surface area contributed by atoms with Crippen molar-refractivity contribution in [1.29, 1.82) is 0 Å². The minimum atomic E-state index is -0.348. The molecule has 0 fully saturated rings. The van der Waals surface area contributed by atoms with Gasteiger partial charge in [-0.2, -0.15) is 0 Å². The Morgan fingerprint density at radius 2 is 2.07 bits per heavy atom. The van der Waals surface area contributed by atoms with E-state index in [2.05, 4.69) is 0 Å². The molecule has 0 aliphatic heterocycles. The van der Waals surface area contributed by atoms with Gasteiger partial charge in [-0.15, -0.1) is 0 Å². The molecule has 0 heterocycles. The molecule has 15 heavy (non-hydrogen) atoms. The number of nitrogens with two attached hydrogens (primary N) is 1. The molecule has 0 aromatic heterocycles. The number of nitrogens with zero attached hydrogens (tertiary/aromatic N) is 1. The van der Waals surface area contributed by atoms with Crippen LogP contribution in [-0.4, -0.2) is 11.5 Å². The number of rotatable bonds is 4. The van der Waals surface area contributed by atoms with Gasteiger partial charge in [0.1, 0.15) is 0 Å². The molecule has 0 saturated carbocycles. The first-order chi connectivity index (χ1) is 7.05.